The lowest BCUT2D eigenvalue weighted by molar-refractivity contribution is -0.145. The molecular weight excluding hydrogens is 375 g/mol. The summed E-state index contributed by atoms with van der Waals surface area (Å²) in [6.07, 6.45) is 3.09. The third-order valence-electron chi connectivity index (χ3n) is 5.86. The molecule has 0 amide bonds. The van der Waals surface area contributed by atoms with Crippen LogP contribution in [-0.2, 0) is 14.4 Å². The average molecular weight is 406 g/mol. The molecule has 2 saturated heterocycles. The molecule has 0 radical (unpaired) electrons. The molecule has 0 unspecified atom stereocenters. The van der Waals surface area contributed by atoms with Crippen LogP contribution in [0.2, 0.25) is 0 Å². The van der Waals surface area contributed by atoms with Crippen LogP contribution in [0.15, 0.2) is 30.3 Å². The number of hydroxylamine groups is 2. The predicted octanol–water partition coefficient (Wildman–Crippen LogP) is 3.23. The van der Waals surface area contributed by atoms with E-state index in [1.165, 1.54) is 0 Å². The van der Waals surface area contributed by atoms with E-state index in [1.54, 1.807) is 24.1 Å². The van der Waals surface area contributed by atoms with Gasteiger partial charge in [0.25, 0.3) is 0 Å². The Labute approximate surface area is 171 Å². The van der Waals surface area contributed by atoms with E-state index in [2.05, 4.69) is 0 Å². The molecule has 0 spiro atoms. The number of piperidine rings is 2. The number of hydrogen-bond acceptors (Lipinski definition) is 6. The molecule has 0 saturated carbocycles. The highest BCUT2D eigenvalue weighted by Gasteiger charge is 2.38. The summed E-state index contributed by atoms with van der Waals surface area (Å²) in [5.41, 5.74) is -0.634. The number of esters is 1. The van der Waals surface area contributed by atoms with E-state index in [1.807, 2.05) is 23.1 Å². The summed E-state index contributed by atoms with van der Waals surface area (Å²) in [5.74, 6) is -0.292. The Hall–Kier alpha value is -1.99. The van der Waals surface area contributed by atoms with Crippen molar-refractivity contribution in [3.05, 3.63) is 35.9 Å². The van der Waals surface area contributed by atoms with Gasteiger partial charge in [-0.25, -0.2) is 9.18 Å². The Morgan fingerprint density at radius 3 is 2.38 bits per heavy atom. The van der Waals surface area contributed by atoms with Crippen molar-refractivity contribution in [3.8, 4) is 0 Å². The van der Waals surface area contributed by atoms with Crippen LogP contribution in [0.5, 0.6) is 0 Å². The Morgan fingerprint density at radius 2 is 1.76 bits per heavy atom. The molecule has 2 aliphatic rings. The minimum absolute atomic E-state index is 0.240. The smallest absolute Gasteiger partial charge is 0.357 e. The summed E-state index contributed by atoms with van der Waals surface area (Å²) < 4.78 is 20.3. The SMILES string of the molecule is CCOC(=O)CN1CCC(F)(CC2CCN(OC(=O)c3ccccc3)CC2)CC1. The van der Waals surface area contributed by atoms with Crippen molar-refractivity contribution in [2.75, 3.05) is 39.3 Å². The lowest BCUT2D eigenvalue weighted by atomic mass is 9.81. The van der Waals surface area contributed by atoms with Crippen molar-refractivity contribution in [3.63, 3.8) is 0 Å². The monoisotopic (exact) mass is 406 g/mol. The molecule has 0 aliphatic carbocycles. The van der Waals surface area contributed by atoms with Crippen LogP contribution in [0.25, 0.3) is 0 Å². The fraction of sp³-hybridized carbons (Fsp3) is 0.636. The fourth-order valence-electron chi connectivity index (χ4n) is 4.17. The Bertz CT molecular complexity index is 669. The van der Waals surface area contributed by atoms with Crippen LogP contribution < -0.4 is 0 Å². The first-order chi connectivity index (χ1) is 14.0. The van der Waals surface area contributed by atoms with Gasteiger partial charge in [0.05, 0.1) is 18.7 Å². The first kappa shape index (κ1) is 21.7. The fourth-order valence-corrected chi connectivity index (χ4v) is 4.17. The number of halogens is 1. The van der Waals surface area contributed by atoms with Crippen LogP contribution in [0.3, 0.4) is 0 Å². The Kier molecular flexibility index (Phi) is 7.61. The van der Waals surface area contributed by atoms with E-state index in [-0.39, 0.29) is 18.5 Å². The second-order valence-corrected chi connectivity index (χ2v) is 8.05. The molecule has 1 aromatic carbocycles. The van der Waals surface area contributed by atoms with Crippen LogP contribution in [-0.4, -0.2) is 66.9 Å². The first-order valence-corrected chi connectivity index (χ1v) is 10.6. The number of alkyl halides is 1. The second-order valence-electron chi connectivity index (χ2n) is 8.05. The van der Waals surface area contributed by atoms with Crippen LogP contribution >= 0.6 is 0 Å². The molecule has 7 heteroatoms. The van der Waals surface area contributed by atoms with Crippen molar-refractivity contribution in [2.45, 2.75) is 44.7 Å². The Balaban J connectivity index is 1.38. The van der Waals surface area contributed by atoms with Crippen LogP contribution in [0, 0.1) is 5.92 Å². The van der Waals surface area contributed by atoms with Gasteiger partial charge < -0.3 is 9.57 Å². The standard InChI is InChI=1S/C22H31FN2O4/c1-2-28-20(26)17-24-14-10-22(23,11-15-24)16-18-8-12-25(13-9-18)29-21(27)19-6-4-3-5-7-19/h3-7,18H,2,8-17H2,1H3. The molecule has 3 rings (SSSR count). The molecule has 0 N–H and O–H groups in total. The summed E-state index contributed by atoms with van der Waals surface area (Å²) >= 11 is 0. The van der Waals surface area contributed by atoms with E-state index in [0.717, 1.165) is 12.8 Å². The minimum atomic E-state index is -1.17. The number of hydrogen-bond donors (Lipinski definition) is 0. The molecule has 160 valence electrons. The molecule has 2 fully saturated rings. The molecule has 29 heavy (non-hydrogen) atoms. The minimum Gasteiger partial charge on any atom is -0.465 e. The van der Waals surface area contributed by atoms with Crippen LogP contribution in [0.4, 0.5) is 4.39 Å². The quantitative estimate of drug-likeness (QED) is 0.648. The number of ether oxygens (including phenoxy) is 1. The Morgan fingerprint density at radius 1 is 1.10 bits per heavy atom. The second kappa shape index (κ2) is 10.2. The van der Waals surface area contributed by atoms with Gasteiger partial charge in [0, 0.05) is 26.2 Å². The topological polar surface area (TPSA) is 59.1 Å². The molecule has 0 bridgehead atoms. The van der Waals surface area contributed by atoms with E-state index in [0.29, 0.717) is 63.5 Å². The maximum atomic E-state index is 15.3. The summed E-state index contributed by atoms with van der Waals surface area (Å²) in [5, 5.41) is 1.69. The molecule has 2 aliphatic heterocycles. The van der Waals surface area contributed by atoms with Crippen molar-refractivity contribution >= 4 is 11.9 Å². The summed E-state index contributed by atoms with van der Waals surface area (Å²) in [7, 11) is 0. The number of rotatable bonds is 7. The zero-order chi connectivity index (χ0) is 20.7. The van der Waals surface area contributed by atoms with Gasteiger partial charge in [-0.1, -0.05) is 18.2 Å². The maximum absolute atomic E-state index is 15.3. The summed E-state index contributed by atoms with van der Waals surface area (Å²) in [6.45, 7) is 4.84. The van der Waals surface area contributed by atoms with Gasteiger partial charge in [-0.15, -0.1) is 5.06 Å². The van der Waals surface area contributed by atoms with E-state index < -0.39 is 5.67 Å². The zero-order valence-electron chi connectivity index (χ0n) is 17.1. The lowest BCUT2D eigenvalue weighted by Crippen LogP contribution is -2.45. The molecule has 1 aromatic rings. The number of nitrogens with zero attached hydrogens (tertiary/aromatic N) is 2. The molecule has 0 aromatic heterocycles. The zero-order valence-corrected chi connectivity index (χ0v) is 17.1. The molecular formula is C22H31FN2O4. The highest BCUT2D eigenvalue weighted by atomic mass is 19.1. The third-order valence-corrected chi connectivity index (χ3v) is 5.86. The molecule has 2 heterocycles. The van der Waals surface area contributed by atoms with Gasteiger partial charge in [-0.3, -0.25) is 9.69 Å². The highest BCUT2D eigenvalue weighted by Crippen LogP contribution is 2.36. The predicted molar refractivity (Wildman–Crippen MR) is 107 cm³/mol. The first-order valence-electron chi connectivity index (χ1n) is 10.6. The van der Waals surface area contributed by atoms with E-state index >= 15 is 4.39 Å². The van der Waals surface area contributed by atoms with Gasteiger partial charge in [0.2, 0.25) is 0 Å². The summed E-state index contributed by atoms with van der Waals surface area (Å²) in [6, 6.07) is 8.94. The third kappa shape index (κ3) is 6.51. The van der Waals surface area contributed by atoms with Crippen molar-refractivity contribution in [2.24, 2.45) is 5.92 Å². The molecule has 6 nitrogen and oxygen atoms in total. The normalized spacial score (nSPS) is 20.9. The van der Waals surface area contributed by atoms with Crippen molar-refractivity contribution in [1.29, 1.82) is 0 Å². The van der Waals surface area contributed by atoms with Crippen molar-refractivity contribution < 1.29 is 23.6 Å². The van der Waals surface area contributed by atoms with Gasteiger partial charge >= 0.3 is 11.9 Å². The maximum Gasteiger partial charge on any atom is 0.357 e. The number of carbonyl (C=O) groups is 2. The lowest BCUT2D eigenvalue weighted by Gasteiger charge is -2.39. The largest absolute Gasteiger partial charge is 0.465 e. The van der Waals surface area contributed by atoms with Gasteiger partial charge in [-0.2, -0.15) is 0 Å². The average Bonchev–Trinajstić information content (AvgIpc) is 2.72. The van der Waals surface area contributed by atoms with Crippen LogP contribution in [0.1, 0.15) is 49.4 Å². The van der Waals surface area contributed by atoms with Gasteiger partial charge in [0.15, 0.2) is 0 Å². The number of benzene rings is 1. The number of likely N-dealkylation sites (tertiary alicyclic amines) is 1. The number of carbonyl (C=O) groups excluding carboxylic acids is 2. The summed E-state index contributed by atoms with van der Waals surface area (Å²) in [4.78, 5) is 31.2. The highest BCUT2D eigenvalue weighted by molar-refractivity contribution is 5.89. The van der Waals surface area contributed by atoms with E-state index in [4.69, 9.17) is 9.57 Å². The van der Waals surface area contributed by atoms with Gasteiger partial charge in [0.1, 0.15) is 5.67 Å². The molecule has 0 atom stereocenters. The van der Waals surface area contributed by atoms with Gasteiger partial charge in [-0.05, 0) is 57.1 Å². The van der Waals surface area contributed by atoms with E-state index in [9.17, 15) is 9.59 Å². The van der Waals surface area contributed by atoms with Crippen molar-refractivity contribution in [1.82, 2.24) is 9.96 Å².